The topological polar surface area (TPSA) is 29.3 Å². The van der Waals surface area contributed by atoms with Gasteiger partial charge in [0.1, 0.15) is 0 Å². The van der Waals surface area contributed by atoms with Crippen LogP contribution in [-0.2, 0) is 0 Å². The number of rotatable bonds is 4. The van der Waals surface area contributed by atoms with Crippen LogP contribution in [-0.4, -0.2) is 24.0 Å². The van der Waals surface area contributed by atoms with E-state index in [0.717, 1.165) is 6.54 Å². The Morgan fingerprint density at radius 1 is 1.62 bits per heavy atom. The molecule has 2 nitrogen and oxygen atoms in total. The van der Waals surface area contributed by atoms with Gasteiger partial charge in [0.2, 0.25) is 0 Å². The number of likely N-dealkylation sites (tertiary alicyclic amines) is 1. The smallest absolute Gasteiger partial charge is 0.0442 e. The van der Waals surface area contributed by atoms with Crippen molar-refractivity contribution in [1.29, 1.82) is 0 Å². The van der Waals surface area contributed by atoms with Crippen LogP contribution in [0.25, 0.3) is 0 Å². The van der Waals surface area contributed by atoms with Crippen LogP contribution in [0.2, 0.25) is 0 Å². The van der Waals surface area contributed by atoms with E-state index in [9.17, 15) is 0 Å². The molecule has 1 aliphatic heterocycles. The Morgan fingerprint density at radius 2 is 2.50 bits per heavy atom. The second-order valence-electron chi connectivity index (χ2n) is 4.72. The summed E-state index contributed by atoms with van der Waals surface area (Å²) in [4.78, 5) is 4.10. The molecule has 0 saturated carbocycles. The van der Waals surface area contributed by atoms with Gasteiger partial charge in [-0.1, -0.05) is 19.4 Å². The largest absolute Gasteiger partial charge is 0.327 e. The molecule has 2 N–H and O–H groups in total. The Labute approximate surface area is 102 Å². The van der Waals surface area contributed by atoms with Crippen molar-refractivity contribution in [3.8, 4) is 0 Å². The van der Waals surface area contributed by atoms with Gasteiger partial charge in [0, 0.05) is 23.5 Å². The standard InChI is InChI=1S/C13H22N2S/c1-2-5-12(13-7-4-9-16-13)15-8-3-6-11(14)10-15/h4,7,9,11-12H,2-3,5-6,8,10,14H2,1H3. The lowest BCUT2D eigenvalue weighted by Gasteiger charge is -2.36. The van der Waals surface area contributed by atoms with Crippen LogP contribution in [0.5, 0.6) is 0 Å². The monoisotopic (exact) mass is 238 g/mol. The normalized spacial score (nSPS) is 24.5. The highest BCUT2D eigenvalue weighted by molar-refractivity contribution is 7.10. The maximum Gasteiger partial charge on any atom is 0.0442 e. The Kier molecular flexibility index (Phi) is 4.38. The highest BCUT2D eigenvalue weighted by atomic mass is 32.1. The lowest BCUT2D eigenvalue weighted by atomic mass is 10.0. The summed E-state index contributed by atoms with van der Waals surface area (Å²) in [5, 5.41) is 2.18. The molecule has 16 heavy (non-hydrogen) atoms. The van der Waals surface area contributed by atoms with E-state index in [-0.39, 0.29) is 0 Å². The van der Waals surface area contributed by atoms with Crippen LogP contribution in [0.4, 0.5) is 0 Å². The Bertz CT molecular complexity index is 297. The van der Waals surface area contributed by atoms with Crippen LogP contribution in [0.1, 0.15) is 43.5 Å². The summed E-state index contributed by atoms with van der Waals surface area (Å²) in [7, 11) is 0. The molecule has 3 heteroatoms. The van der Waals surface area contributed by atoms with Crippen molar-refractivity contribution in [2.75, 3.05) is 13.1 Å². The van der Waals surface area contributed by atoms with E-state index in [1.54, 1.807) is 0 Å². The van der Waals surface area contributed by atoms with Crippen LogP contribution in [0, 0.1) is 0 Å². The fraction of sp³-hybridized carbons (Fsp3) is 0.692. The molecular formula is C13H22N2S. The molecule has 1 fully saturated rings. The number of hydrogen-bond acceptors (Lipinski definition) is 3. The first kappa shape index (κ1) is 12.1. The van der Waals surface area contributed by atoms with E-state index in [4.69, 9.17) is 5.73 Å². The Balaban J connectivity index is 2.06. The lowest BCUT2D eigenvalue weighted by molar-refractivity contribution is 0.143. The molecule has 2 rings (SSSR count). The molecule has 0 radical (unpaired) electrons. The summed E-state index contributed by atoms with van der Waals surface area (Å²) in [6, 6.07) is 5.42. The zero-order chi connectivity index (χ0) is 11.4. The molecular weight excluding hydrogens is 216 g/mol. The highest BCUT2D eigenvalue weighted by Gasteiger charge is 2.25. The van der Waals surface area contributed by atoms with Gasteiger partial charge in [-0.2, -0.15) is 0 Å². The van der Waals surface area contributed by atoms with Gasteiger partial charge in [0.15, 0.2) is 0 Å². The molecule has 1 aliphatic rings. The van der Waals surface area contributed by atoms with Crippen molar-refractivity contribution in [2.45, 2.75) is 44.7 Å². The summed E-state index contributed by atoms with van der Waals surface area (Å²) in [6.45, 7) is 4.56. The van der Waals surface area contributed by atoms with Crippen molar-refractivity contribution in [3.05, 3.63) is 22.4 Å². The van der Waals surface area contributed by atoms with E-state index in [2.05, 4.69) is 29.3 Å². The minimum atomic E-state index is 0.382. The molecule has 90 valence electrons. The zero-order valence-electron chi connectivity index (χ0n) is 10.1. The number of nitrogens with zero attached hydrogens (tertiary/aromatic N) is 1. The molecule has 0 aliphatic carbocycles. The van der Waals surface area contributed by atoms with Crippen molar-refractivity contribution in [2.24, 2.45) is 5.73 Å². The predicted molar refractivity (Wildman–Crippen MR) is 70.8 cm³/mol. The summed E-state index contributed by atoms with van der Waals surface area (Å²) < 4.78 is 0. The number of thiophene rings is 1. The molecule has 2 atom stereocenters. The van der Waals surface area contributed by atoms with Crippen molar-refractivity contribution < 1.29 is 0 Å². The molecule has 1 saturated heterocycles. The van der Waals surface area contributed by atoms with Gasteiger partial charge in [-0.05, 0) is 37.3 Å². The molecule has 2 unspecified atom stereocenters. The van der Waals surface area contributed by atoms with Gasteiger partial charge in [0.25, 0.3) is 0 Å². The Hall–Kier alpha value is -0.380. The first-order valence-corrected chi connectivity index (χ1v) is 7.22. The molecule has 1 aromatic rings. The van der Waals surface area contributed by atoms with Gasteiger partial charge >= 0.3 is 0 Å². The molecule has 0 aromatic carbocycles. The van der Waals surface area contributed by atoms with Crippen molar-refractivity contribution in [3.63, 3.8) is 0 Å². The second kappa shape index (κ2) is 5.80. The van der Waals surface area contributed by atoms with E-state index >= 15 is 0 Å². The predicted octanol–water partition coefficient (Wildman–Crippen LogP) is 3.01. The van der Waals surface area contributed by atoms with Crippen LogP contribution >= 0.6 is 11.3 Å². The van der Waals surface area contributed by atoms with Crippen LogP contribution in [0.15, 0.2) is 17.5 Å². The third-order valence-corrected chi connectivity index (χ3v) is 4.34. The van der Waals surface area contributed by atoms with Crippen molar-refractivity contribution >= 4 is 11.3 Å². The number of hydrogen-bond donors (Lipinski definition) is 1. The average Bonchev–Trinajstić information content (AvgIpc) is 2.79. The molecule has 1 aromatic heterocycles. The molecule has 0 spiro atoms. The minimum Gasteiger partial charge on any atom is -0.327 e. The Morgan fingerprint density at radius 3 is 3.12 bits per heavy atom. The summed E-state index contributed by atoms with van der Waals surface area (Å²) in [6.07, 6.45) is 4.95. The van der Waals surface area contributed by atoms with Crippen molar-refractivity contribution in [1.82, 2.24) is 4.90 Å². The number of piperidine rings is 1. The van der Waals surface area contributed by atoms with Crippen LogP contribution < -0.4 is 5.73 Å². The second-order valence-corrected chi connectivity index (χ2v) is 5.70. The summed E-state index contributed by atoms with van der Waals surface area (Å²) in [5.41, 5.74) is 6.07. The van der Waals surface area contributed by atoms with Gasteiger partial charge in [-0.15, -0.1) is 11.3 Å². The summed E-state index contributed by atoms with van der Waals surface area (Å²) >= 11 is 1.88. The van der Waals surface area contributed by atoms with E-state index in [1.165, 1.54) is 37.1 Å². The molecule has 0 amide bonds. The highest BCUT2D eigenvalue weighted by Crippen LogP contribution is 2.31. The van der Waals surface area contributed by atoms with Gasteiger partial charge < -0.3 is 5.73 Å². The lowest BCUT2D eigenvalue weighted by Crippen LogP contribution is -2.44. The van der Waals surface area contributed by atoms with Gasteiger partial charge in [0.05, 0.1) is 0 Å². The third kappa shape index (κ3) is 2.84. The van der Waals surface area contributed by atoms with E-state index < -0.39 is 0 Å². The SMILES string of the molecule is CCCC(c1cccs1)N1CCCC(N)C1. The fourth-order valence-electron chi connectivity index (χ4n) is 2.58. The third-order valence-electron chi connectivity index (χ3n) is 3.36. The van der Waals surface area contributed by atoms with Gasteiger partial charge in [-0.3, -0.25) is 4.90 Å². The van der Waals surface area contributed by atoms with E-state index in [1.807, 2.05) is 11.3 Å². The first-order valence-electron chi connectivity index (χ1n) is 6.34. The average molecular weight is 238 g/mol. The van der Waals surface area contributed by atoms with Gasteiger partial charge in [-0.25, -0.2) is 0 Å². The quantitative estimate of drug-likeness (QED) is 0.873. The maximum atomic E-state index is 6.07. The molecule has 2 heterocycles. The fourth-order valence-corrected chi connectivity index (χ4v) is 3.48. The number of nitrogens with two attached hydrogens (primary N) is 1. The first-order chi connectivity index (χ1) is 7.81. The maximum absolute atomic E-state index is 6.07. The van der Waals surface area contributed by atoms with Crippen LogP contribution in [0.3, 0.4) is 0 Å². The van der Waals surface area contributed by atoms with E-state index in [0.29, 0.717) is 12.1 Å². The summed E-state index contributed by atoms with van der Waals surface area (Å²) in [5.74, 6) is 0. The zero-order valence-corrected chi connectivity index (χ0v) is 10.9. The molecule has 0 bridgehead atoms. The minimum absolute atomic E-state index is 0.382.